The summed E-state index contributed by atoms with van der Waals surface area (Å²) in [7, 11) is 0. The molecule has 0 aliphatic heterocycles. The van der Waals surface area contributed by atoms with E-state index in [9.17, 15) is 5.11 Å². The SMILES string of the molecule is OC(Cc1cc(Br)cs1)c1cccc(Cl)c1Cl. The molecule has 0 fully saturated rings. The van der Waals surface area contributed by atoms with E-state index in [0.717, 1.165) is 9.35 Å². The van der Waals surface area contributed by atoms with Crippen LogP contribution >= 0.6 is 50.5 Å². The average Bonchev–Trinajstić information content (AvgIpc) is 2.68. The summed E-state index contributed by atoms with van der Waals surface area (Å²) in [5, 5.41) is 13.0. The van der Waals surface area contributed by atoms with Crippen LogP contribution in [0, 0.1) is 0 Å². The van der Waals surface area contributed by atoms with E-state index in [2.05, 4.69) is 15.9 Å². The van der Waals surface area contributed by atoms with Crippen LogP contribution in [0.25, 0.3) is 0 Å². The number of aliphatic hydroxyl groups excluding tert-OH is 1. The molecule has 0 saturated heterocycles. The van der Waals surface area contributed by atoms with E-state index in [4.69, 9.17) is 23.2 Å². The molecule has 2 rings (SSSR count). The Balaban J connectivity index is 2.20. The van der Waals surface area contributed by atoms with Crippen LogP contribution in [-0.2, 0) is 6.42 Å². The van der Waals surface area contributed by atoms with Gasteiger partial charge >= 0.3 is 0 Å². The lowest BCUT2D eigenvalue weighted by atomic mass is 10.1. The molecule has 0 aliphatic carbocycles. The fraction of sp³-hybridized carbons (Fsp3) is 0.167. The van der Waals surface area contributed by atoms with Gasteiger partial charge in [-0.2, -0.15) is 0 Å². The van der Waals surface area contributed by atoms with Crippen LogP contribution < -0.4 is 0 Å². The Morgan fingerprint density at radius 2 is 2.12 bits per heavy atom. The average molecular weight is 352 g/mol. The summed E-state index contributed by atoms with van der Waals surface area (Å²) in [6.45, 7) is 0. The van der Waals surface area contributed by atoms with E-state index in [1.165, 1.54) is 0 Å². The van der Waals surface area contributed by atoms with Crippen molar-refractivity contribution < 1.29 is 5.11 Å². The van der Waals surface area contributed by atoms with Gasteiger partial charge in [-0.3, -0.25) is 0 Å². The molecule has 0 bridgehead atoms. The maximum atomic E-state index is 10.1. The van der Waals surface area contributed by atoms with Gasteiger partial charge in [0, 0.05) is 26.7 Å². The number of hydrogen-bond donors (Lipinski definition) is 1. The molecule has 1 unspecified atom stereocenters. The molecule has 0 amide bonds. The van der Waals surface area contributed by atoms with Crippen molar-refractivity contribution in [3.8, 4) is 0 Å². The number of hydrogen-bond acceptors (Lipinski definition) is 2. The van der Waals surface area contributed by atoms with Crippen molar-refractivity contribution in [1.82, 2.24) is 0 Å². The van der Waals surface area contributed by atoms with Crippen LogP contribution in [0.1, 0.15) is 16.5 Å². The van der Waals surface area contributed by atoms with Gasteiger partial charge in [-0.05, 0) is 28.1 Å². The maximum Gasteiger partial charge on any atom is 0.0853 e. The molecule has 1 heterocycles. The standard InChI is InChI=1S/C12H9BrCl2OS/c13-7-4-8(17-6-7)5-11(16)9-2-1-3-10(14)12(9)15/h1-4,6,11,16H,5H2. The van der Waals surface area contributed by atoms with E-state index in [1.54, 1.807) is 29.5 Å². The Morgan fingerprint density at radius 3 is 2.76 bits per heavy atom. The predicted octanol–water partition coefficient (Wildman–Crippen LogP) is 5.09. The van der Waals surface area contributed by atoms with Crippen molar-refractivity contribution in [3.63, 3.8) is 0 Å². The summed E-state index contributed by atoms with van der Waals surface area (Å²) < 4.78 is 1.03. The van der Waals surface area contributed by atoms with Gasteiger partial charge in [0.2, 0.25) is 0 Å². The van der Waals surface area contributed by atoms with Gasteiger partial charge in [-0.1, -0.05) is 35.3 Å². The highest BCUT2D eigenvalue weighted by Gasteiger charge is 2.14. The topological polar surface area (TPSA) is 20.2 Å². The highest BCUT2D eigenvalue weighted by atomic mass is 79.9. The van der Waals surface area contributed by atoms with Crippen LogP contribution in [0.15, 0.2) is 34.1 Å². The van der Waals surface area contributed by atoms with Crippen LogP contribution in [0.4, 0.5) is 0 Å². The molecule has 90 valence electrons. The Kier molecular flexibility index (Phi) is 4.50. The number of thiophene rings is 1. The lowest BCUT2D eigenvalue weighted by molar-refractivity contribution is 0.179. The highest BCUT2D eigenvalue weighted by Crippen LogP contribution is 2.32. The third kappa shape index (κ3) is 3.24. The van der Waals surface area contributed by atoms with Gasteiger partial charge in [-0.15, -0.1) is 11.3 Å². The van der Waals surface area contributed by atoms with Crippen molar-refractivity contribution >= 4 is 50.5 Å². The van der Waals surface area contributed by atoms with Gasteiger partial charge in [0.25, 0.3) is 0 Å². The number of aliphatic hydroxyl groups is 1. The van der Waals surface area contributed by atoms with E-state index < -0.39 is 6.10 Å². The first-order valence-corrected chi connectivity index (χ1v) is 7.35. The van der Waals surface area contributed by atoms with Crippen molar-refractivity contribution in [2.24, 2.45) is 0 Å². The molecular formula is C12H9BrCl2OS. The number of halogens is 3. The van der Waals surface area contributed by atoms with Gasteiger partial charge < -0.3 is 5.11 Å². The first-order chi connectivity index (χ1) is 8.08. The Bertz CT molecular complexity index is 527. The highest BCUT2D eigenvalue weighted by molar-refractivity contribution is 9.10. The van der Waals surface area contributed by atoms with Crippen molar-refractivity contribution in [2.45, 2.75) is 12.5 Å². The molecular weight excluding hydrogens is 343 g/mol. The minimum absolute atomic E-state index is 0.428. The summed E-state index contributed by atoms with van der Waals surface area (Å²) in [6.07, 6.45) is -0.0946. The molecule has 2 aromatic rings. The number of benzene rings is 1. The Hall–Kier alpha value is -0.0600. The summed E-state index contributed by atoms with van der Waals surface area (Å²) in [6, 6.07) is 7.28. The van der Waals surface area contributed by atoms with E-state index in [-0.39, 0.29) is 0 Å². The van der Waals surface area contributed by atoms with Crippen LogP contribution in [-0.4, -0.2) is 5.11 Å². The van der Waals surface area contributed by atoms with Gasteiger partial charge in [-0.25, -0.2) is 0 Å². The summed E-state index contributed by atoms with van der Waals surface area (Å²) in [4.78, 5) is 1.10. The number of rotatable bonds is 3. The van der Waals surface area contributed by atoms with E-state index in [0.29, 0.717) is 22.0 Å². The summed E-state index contributed by atoms with van der Waals surface area (Å²) >= 11 is 17.0. The van der Waals surface area contributed by atoms with E-state index >= 15 is 0 Å². The fourth-order valence-electron chi connectivity index (χ4n) is 1.54. The molecule has 1 nitrogen and oxygen atoms in total. The molecule has 5 heteroatoms. The second-order valence-electron chi connectivity index (χ2n) is 3.59. The van der Waals surface area contributed by atoms with E-state index in [1.807, 2.05) is 11.4 Å². The lowest BCUT2D eigenvalue weighted by Gasteiger charge is -2.12. The molecule has 1 atom stereocenters. The molecule has 1 aromatic carbocycles. The quantitative estimate of drug-likeness (QED) is 0.816. The minimum atomic E-state index is -0.633. The van der Waals surface area contributed by atoms with Crippen molar-refractivity contribution in [1.29, 1.82) is 0 Å². The Morgan fingerprint density at radius 1 is 1.35 bits per heavy atom. The molecule has 0 spiro atoms. The lowest BCUT2D eigenvalue weighted by Crippen LogP contribution is -2.01. The Labute approximate surface area is 122 Å². The summed E-state index contributed by atoms with van der Waals surface area (Å²) in [5.74, 6) is 0. The minimum Gasteiger partial charge on any atom is -0.388 e. The second-order valence-corrected chi connectivity index (χ2v) is 6.29. The van der Waals surface area contributed by atoms with Crippen molar-refractivity contribution in [2.75, 3.05) is 0 Å². The maximum absolute atomic E-state index is 10.1. The summed E-state index contributed by atoms with van der Waals surface area (Å²) in [5.41, 5.74) is 0.670. The molecule has 0 aliphatic rings. The van der Waals surface area contributed by atoms with Gasteiger partial charge in [0.05, 0.1) is 16.1 Å². The normalized spacial score (nSPS) is 12.7. The first kappa shape index (κ1) is 13.4. The zero-order valence-electron chi connectivity index (χ0n) is 8.66. The van der Waals surface area contributed by atoms with Gasteiger partial charge in [0.1, 0.15) is 0 Å². The zero-order chi connectivity index (χ0) is 12.4. The predicted molar refractivity (Wildman–Crippen MR) is 77.1 cm³/mol. The fourth-order valence-corrected chi connectivity index (χ4v) is 3.46. The van der Waals surface area contributed by atoms with Crippen LogP contribution in [0.2, 0.25) is 10.0 Å². The van der Waals surface area contributed by atoms with Gasteiger partial charge in [0.15, 0.2) is 0 Å². The first-order valence-electron chi connectivity index (χ1n) is 4.93. The third-order valence-electron chi connectivity index (χ3n) is 2.36. The molecule has 0 saturated carbocycles. The monoisotopic (exact) mass is 350 g/mol. The molecule has 1 N–H and O–H groups in total. The smallest absolute Gasteiger partial charge is 0.0853 e. The van der Waals surface area contributed by atoms with Crippen LogP contribution in [0.3, 0.4) is 0 Å². The van der Waals surface area contributed by atoms with Crippen LogP contribution in [0.5, 0.6) is 0 Å². The van der Waals surface area contributed by atoms with Crippen molar-refractivity contribution in [3.05, 3.63) is 54.6 Å². The third-order valence-corrected chi connectivity index (χ3v) is 4.91. The largest absolute Gasteiger partial charge is 0.388 e. The molecule has 1 aromatic heterocycles. The second kappa shape index (κ2) is 5.72. The zero-order valence-corrected chi connectivity index (χ0v) is 12.6. The molecule has 0 radical (unpaired) electrons. The molecule has 17 heavy (non-hydrogen) atoms.